The second-order valence-electron chi connectivity index (χ2n) is 12.6. The summed E-state index contributed by atoms with van der Waals surface area (Å²) in [5.74, 6) is 0.0715. The van der Waals surface area contributed by atoms with Crippen LogP contribution < -0.4 is 0 Å². The molecular weight excluding hydrogens is 548 g/mol. The Labute approximate surface area is 261 Å². The van der Waals surface area contributed by atoms with Gasteiger partial charge < -0.3 is 20.4 Å². The Balaban J connectivity index is 3.74. The molecule has 0 bridgehead atoms. The molecule has 0 aliphatic heterocycles. The van der Waals surface area contributed by atoms with Gasteiger partial charge >= 0.3 is 0 Å². The number of carbonyl (C=O) groups is 4. The summed E-state index contributed by atoms with van der Waals surface area (Å²) in [5.41, 5.74) is 0. The summed E-state index contributed by atoms with van der Waals surface area (Å²) in [4.78, 5) is 48.3. The van der Waals surface area contributed by atoms with Crippen LogP contribution in [0.5, 0.6) is 0 Å². The topological polar surface area (TPSA) is 149 Å². The van der Waals surface area contributed by atoms with E-state index in [1.807, 2.05) is 0 Å². The third-order valence-electron chi connectivity index (χ3n) is 8.03. The zero-order valence-electron chi connectivity index (χ0n) is 27.4. The monoisotopic (exact) mass is 612 g/mol. The molecule has 0 aromatic heterocycles. The van der Waals surface area contributed by atoms with Gasteiger partial charge in [0.05, 0.1) is 24.4 Å². The van der Waals surface area contributed by atoms with E-state index in [4.69, 9.17) is 0 Å². The SMILES string of the molecule is CCCCCC(O)CC(=O)CCCC(O)CC(=O)CCCCCCCC(=O)CC(O)CCCC(=O)CC(O)CCCCC. The lowest BCUT2D eigenvalue weighted by Crippen LogP contribution is -2.16. The Morgan fingerprint density at radius 1 is 0.372 bits per heavy atom. The van der Waals surface area contributed by atoms with E-state index in [1.54, 1.807) is 0 Å². The maximum Gasteiger partial charge on any atom is 0.135 e. The number of unbranched alkanes of at least 4 members (excludes halogenated alkanes) is 8. The van der Waals surface area contributed by atoms with Gasteiger partial charge in [-0.05, 0) is 51.4 Å². The van der Waals surface area contributed by atoms with Gasteiger partial charge in [0.25, 0.3) is 0 Å². The van der Waals surface area contributed by atoms with E-state index in [9.17, 15) is 39.6 Å². The Morgan fingerprint density at radius 2 is 0.628 bits per heavy atom. The van der Waals surface area contributed by atoms with Gasteiger partial charge in [0, 0.05) is 51.4 Å². The molecule has 0 radical (unpaired) electrons. The molecule has 0 aromatic carbocycles. The molecule has 0 aliphatic rings. The van der Waals surface area contributed by atoms with Gasteiger partial charge in [-0.25, -0.2) is 0 Å². The fourth-order valence-corrected chi connectivity index (χ4v) is 5.37. The van der Waals surface area contributed by atoms with Crippen molar-refractivity contribution in [3.8, 4) is 0 Å². The van der Waals surface area contributed by atoms with E-state index in [2.05, 4.69) is 13.8 Å². The molecule has 0 spiro atoms. The third kappa shape index (κ3) is 27.8. The maximum absolute atomic E-state index is 12.2. The molecular formula is C35H64O8. The summed E-state index contributed by atoms with van der Waals surface area (Å²) in [6.45, 7) is 4.19. The summed E-state index contributed by atoms with van der Waals surface area (Å²) in [6.07, 6.45) is 12.9. The van der Waals surface area contributed by atoms with Crippen LogP contribution in [0.4, 0.5) is 0 Å². The minimum absolute atomic E-state index is 0.00870. The molecule has 4 atom stereocenters. The zero-order chi connectivity index (χ0) is 32.3. The van der Waals surface area contributed by atoms with E-state index in [0.717, 1.165) is 70.6 Å². The smallest absolute Gasteiger partial charge is 0.135 e. The number of hydrogen-bond acceptors (Lipinski definition) is 8. The largest absolute Gasteiger partial charge is 0.393 e. The molecule has 0 aromatic rings. The van der Waals surface area contributed by atoms with E-state index >= 15 is 0 Å². The fourth-order valence-electron chi connectivity index (χ4n) is 5.37. The number of aliphatic hydroxyl groups excluding tert-OH is 4. The molecule has 4 unspecified atom stereocenters. The lowest BCUT2D eigenvalue weighted by atomic mass is 9.98. The molecule has 0 saturated heterocycles. The van der Waals surface area contributed by atoms with Crippen molar-refractivity contribution in [2.75, 3.05) is 0 Å². The number of aliphatic hydroxyl groups is 4. The van der Waals surface area contributed by atoms with Crippen molar-refractivity contribution < 1.29 is 39.6 Å². The Hall–Kier alpha value is -1.48. The van der Waals surface area contributed by atoms with Crippen LogP contribution in [0.1, 0.15) is 174 Å². The van der Waals surface area contributed by atoms with E-state index in [0.29, 0.717) is 64.2 Å². The molecule has 0 heterocycles. The molecule has 0 amide bonds. The lowest BCUT2D eigenvalue weighted by Gasteiger charge is -2.11. The lowest BCUT2D eigenvalue weighted by molar-refractivity contribution is -0.122. The van der Waals surface area contributed by atoms with Crippen LogP contribution in [0.25, 0.3) is 0 Å². The predicted molar refractivity (Wildman–Crippen MR) is 171 cm³/mol. The van der Waals surface area contributed by atoms with Crippen LogP contribution in [0, 0.1) is 0 Å². The number of rotatable bonds is 32. The van der Waals surface area contributed by atoms with Crippen LogP contribution >= 0.6 is 0 Å². The molecule has 43 heavy (non-hydrogen) atoms. The van der Waals surface area contributed by atoms with Crippen molar-refractivity contribution in [2.24, 2.45) is 0 Å². The average Bonchev–Trinajstić information content (AvgIpc) is 2.92. The summed E-state index contributed by atoms with van der Waals surface area (Å²) < 4.78 is 0. The minimum atomic E-state index is -0.732. The molecule has 0 saturated carbocycles. The van der Waals surface area contributed by atoms with Crippen molar-refractivity contribution in [1.29, 1.82) is 0 Å². The van der Waals surface area contributed by atoms with Gasteiger partial charge in [0.2, 0.25) is 0 Å². The molecule has 8 heteroatoms. The molecule has 0 aliphatic carbocycles. The normalized spacial score (nSPS) is 14.3. The van der Waals surface area contributed by atoms with E-state index in [-0.39, 0.29) is 48.8 Å². The highest BCUT2D eigenvalue weighted by molar-refractivity contribution is 5.80. The number of hydrogen-bond donors (Lipinski definition) is 4. The number of ketones is 4. The summed E-state index contributed by atoms with van der Waals surface area (Å²) in [7, 11) is 0. The van der Waals surface area contributed by atoms with Crippen molar-refractivity contribution in [3.05, 3.63) is 0 Å². The van der Waals surface area contributed by atoms with Gasteiger partial charge in [-0.2, -0.15) is 0 Å². The first-order valence-corrected chi connectivity index (χ1v) is 17.4. The maximum atomic E-state index is 12.2. The Morgan fingerprint density at radius 3 is 0.930 bits per heavy atom. The van der Waals surface area contributed by atoms with Crippen molar-refractivity contribution in [3.63, 3.8) is 0 Å². The van der Waals surface area contributed by atoms with Crippen molar-refractivity contribution in [2.45, 2.75) is 199 Å². The number of Topliss-reactive ketones (excluding diaryl/α,β-unsaturated/α-hetero) is 4. The molecule has 4 N–H and O–H groups in total. The van der Waals surface area contributed by atoms with Crippen molar-refractivity contribution in [1.82, 2.24) is 0 Å². The second-order valence-corrected chi connectivity index (χ2v) is 12.6. The first kappa shape index (κ1) is 41.5. The quantitative estimate of drug-likeness (QED) is 0.0629. The molecule has 252 valence electrons. The van der Waals surface area contributed by atoms with Gasteiger partial charge in [0.15, 0.2) is 0 Å². The van der Waals surface area contributed by atoms with E-state index < -0.39 is 24.4 Å². The van der Waals surface area contributed by atoms with Gasteiger partial charge in [-0.3, -0.25) is 19.2 Å². The number of carbonyl (C=O) groups excluding carboxylic acids is 4. The fraction of sp³-hybridized carbons (Fsp3) is 0.886. The van der Waals surface area contributed by atoms with Crippen molar-refractivity contribution >= 4 is 23.1 Å². The minimum Gasteiger partial charge on any atom is -0.393 e. The third-order valence-corrected chi connectivity index (χ3v) is 8.03. The van der Waals surface area contributed by atoms with Crippen LogP contribution in [-0.2, 0) is 19.2 Å². The first-order valence-electron chi connectivity index (χ1n) is 17.4. The van der Waals surface area contributed by atoms with Gasteiger partial charge in [-0.1, -0.05) is 71.6 Å². The summed E-state index contributed by atoms with van der Waals surface area (Å²) in [6, 6.07) is 0. The summed E-state index contributed by atoms with van der Waals surface area (Å²) >= 11 is 0. The second kappa shape index (κ2) is 28.0. The summed E-state index contributed by atoms with van der Waals surface area (Å²) in [5, 5.41) is 40.1. The highest BCUT2D eigenvalue weighted by Crippen LogP contribution is 2.15. The predicted octanol–water partition coefficient (Wildman–Crippen LogP) is 6.50. The Bertz CT molecular complexity index is 677. The molecule has 8 nitrogen and oxygen atoms in total. The van der Waals surface area contributed by atoms with Crippen LogP contribution in [0.15, 0.2) is 0 Å². The van der Waals surface area contributed by atoms with Gasteiger partial charge in [0.1, 0.15) is 23.1 Å². The molecule has 0 fully saturated rings. The van der Waals surface area contributed by atoms with Crippen LogP contribution in [0.2, 0.25) is 0 Å². The zero-order valence-corrected chi connectivity index (χ0v) is 27.4. The Kier molecular flexibility index (Phi) is 27.1. The van der Waals surface area contributed by atoms with Crippen LogP contribution in [0.3, 0.4) is 0 Å². The van der Waals surface area contributed by atoms with Crippen LogP contribution in [-0.4, -0.2) is 68.0 Å². The van der Waals surface area contributed by atoms with E-state index in [1.165, 1.54) is 0 Å². The average molecular weight is 613 g/mol. The van der Waals surface area contributed by atoms with Gasteiger partial charge in [-0.15, -0.1) is 0 Å². The highest BCUT2D eigenvalue weighted by atomic mass is 16.3. The molecule has 0 rings (SSSR count). The first-order chi connectivity index (χ1) is 20.6. The standard InChI is InChI=1S/C35H64O8/c1-3-5-10-16-28(36)24-32(40)20-14-22-34(42)26-30(38)18-12-8-7-9-13-19-31(39)27-35(43)23-15-21-33(41)25-29(37)17-11-6-4-2/h28-29,34-37,42-43H,3-27H2,1-2H3. The highest BCUT2D eigenvalue weighted by Gasteiger charge is 2.15.